The van der Waals surface area contributed by atoms with Gasteiger partial charge in [0.1, 0.15) is 0 Å². The summed E-state index contributed by atoms with van der Waals surface area (Å²) in [5.74, 6) is 0.0554. The fourth-order valence-electron chi connectivity index (χ4n) is 4.26. The highest BCUT2D eigenvalue weighted by Gasteiger charge is 2.41. The summed E-state index contributed by atoms with van der Waals surface area (Å²) in [5, 5.41) is 20.2. The van der Waals surface area contributed by atoms with Crippen LogP contribution in [0.15, 0.2) is 47.3 Å². The van der Waals surface area contributed by atoms with Crippen molar-refractivity contribution in [3.05, 3.63) is 80.6 Å². The summed E-state index contributed by atoms with van der Waals surface area (Å²) in [7, 11) is 0. The second-order valence-corrected chi connectivity index (χ2v) is 7.51. The largest absolute Gasteiger partial charge is 0.322 e. The van der Waals surface area contributed by atoms with Gasteiger partial charge in [0, 0.05) is 17.0 Å². The summed E-state index contributed by atoms with van der Waals surface area (Å²) >= 11 is 0. The maximum absolute atomic E-state index is 12.0. The molecule has 4 rings (SSSR count). The van der Waals surface area contributed by atoms with E-state index in [1.165, 1.54) is 0 Å². The molecule has 132 valence electrons. The van der Waals surface area contributed by atoms with Crippen LogP contribution in [0.4, 0.5) is 0 Å². The number of aryl methyl sites for hydroxylation is 2. The molecule has 0 amide bonds. The van der Waals surface area contributed by atoms with Crippen LogP contribution in [0.5, 0.6) is 0 Å². The fourth-order valence-corrected chi connectivity index (χ4v) is 4.26. The lowest BCUT2D eigenvalue weighted by Gasteiger charge is -2.30. The molecule has 0 bridgehead atoms. The van der Waals surface area contributed by atoms with Crippen LogP contribution in [0, 0.1) is 29.6 Å². The van der Waals surface area contributed by atoms with E-state index in [9.17, 15) is 10.1 Å². The average Bonchev–Trinajstić information content (AvgIpc) is 3.11. The lowest BCUT2D eigenvalue weighted by atomic mass is 9.70. The van der Waals surface area contributed by atoms with Crippen LogP contribution in [-0.4, -0.2) is 4.98 Å². The molecule has 0 aliphatic heterocycles. The minimum absolute atomic E-state index is 0.0554. The molecule has 1 unspecified atom stereocenters. The van der Waals surface area contributed by atoms with E-state index in [1.807, 2.05) is 49.4 Å². The Hall–Kier alpha value is -3.37. The smallest absolute Gasteiger partial charge is 0.251 e. The number of nitriles is 2. The van der Waals surface area contributed by atoms with Gasteiger partial charge in [-0.15, -0.1) is 0 Å². The molecule has 0 spiro atoms. The highest BCUT2D eigenvalue weighted by atomic mass is 16.1. The second kappa shape index (κ2) is 6.11. The first-order valence-electron chi connectivity index (χ1n) is 9.04. The molecule has 1 aliphatic carbocycles. The number of aromatic amines is 1. The van der Waals surface area contributed by atoms with Crippen molar-refractivity contribution in [2.45, 2.75) is 38.0 Å². The van der Waals surface area contributed by atoms with Gasteiger partial charge in [0.05, 0.1) is 23.1 Å². The van der Waals surface area contributed by atoms with Crippen LogP contribution in [0.25, 0.3) is 10.9 Å². The SMILES string of the molecule is Cc1cc2ccc(C(C)(C#N)[C@@H]3CCc4cc(C#N)ccc43)cc2[nH]c1=O. The predicted molar refractivity (Wildman–Crippen MR) is 104 cm³/mol. The molecular formula is C23H19N3O. The summed E-state index contributed by atoms with van der Waals surface area (Å²) in [6.07, 6.45) is 1.74. The number of H-pyrrole nitrogens is 1. The Labute approximate surface area is 157 Å². The lowest BCUT2D eigenvalue weighted by molar-refractivity contribution is 0.470. The molecule has 1 N–H and O–H groups in total. The van der Waals surface area contributed by atoms with E-state index in [0.717, 1.165) is 40.4 Å². The molecule has 4 nitrogen and oxygen atoms in total. The van der Waals surface area contributed by atoms with Crippen molar-refractivity contribution < 1.29 is 0 Å². The molecule has 1 heterocycles. The zero-order valence-electron chi connectivity index (χ0n) is 15.3. The Kier molecular flexibility index (Phi) is 3.86. The quantitative estimate of drug-likeness (QED) is 0.749. The van der Waals surface area contributed by atoms with Gasteiger partial charge in [-0.25, -0.2) is 0 Å². The Morgan fingerprint density at radius 2 is 1.96 bits per heavy atom. The Morgan fingerprint density at radius 1 is 1.15 bits per heavy atom. The second-order valence-electron chi connectivity index (χ2n) is 7.51. The number of nitrogens with zero attached hydrogens (tertiary/aromatic N) is 2. The molecule has 1 aliphatic rings. The third kappa shape index (κ3) is 2.62. The highest BCUT2D eigenvalue weighted by Crippen LogP contribution is 2.47. The van der Waals surface area contributed by atoms with E-state index in [-0.39, 0.29) is 11.5 Å². The molecule has 0 saturated carbocycles. The van der Waals surface area contributed by atoms with Crippen LogP contribution >= 0.6 is 0 Å². The molecule has 1 aromatic heterocycles. The van der Waals surface area contributed by atoms with E-state index in [1.54, 1.807) is 6.92 Å². The molecule has 3 aromatic rings. The molecular weight excluding hydrogens is 334 g/mol. The zero-order valence-corrected chi connectivity index (χ0v) is 15.3. The van der Waals surface area contributed by atoms with Gasteiger partial charge in [0.2, 0.25) is 0 Å². The molecule has 0 radical (unpaired) electrons. The molecule has 27 heavy (non-hydrogen) atoms. The van der Waals surface area contributed by atoms with E-state index < -0.39 is 5.41 Å². The van der Waals surface area contributed by atoms with Gasteiger partial charge < -0.3 is 4.98 Å². The molecule has 4 heteroatoms. The van der Waals surface area contributed by atoms with Gasteiger partial charge in [-0.3, -0.25) is 4.79 Å². The van der Waals surface area contributed by atoms with E-state index in [2.05, 4.69) is 17.1 Å². The van der Waals surface area contributed by atoms with Gasteiger partial charge in [0.25, 0.3) is 5.56 Å². The van der Waals surface area contributed by atoms with Crippen molar-refractivity contribution in [3.8, 4) is 12.1 Å². The van der Waals surface area contributed by atoms with Crippen molar-refractivity contribution in [2.24, 2.45) is 0 Å². The van der Waals surface area contributed by atoms with Crippen molar-refractivity contribution >= 4 is 10.9 Å². The number of rotatable bonds is 2. The standard InChI is InChI=1S/C23H19N3O/c1-14-9-17-4-6-18(11-21(17)26-22(14)27)23(2,13-25)20-8-5-16-10-15(12-24)3-7-19(16)20/h3-4,6-7,9-11,20H,5,8H2,1-2H3,(H,26,27)/t20-,23?/m1/s1. The van der Waals surface area contributed by atoms with Crippen molar-refractivity contribution in [2.75, 3.05) is 0 Å². The van der Waals surface area contributed by atoms with Crippen LogP contribution in [-0.2, 0) is 11.8 Å². The maximum Gasteiger partial charge on any atom is 0.251 e. The third-order valence-electron chi connectivity index (χ3n) is 5.91. The number of hydrogen-bond acceptors (Lipinski definition) is 3. The minimum Gasteiger partial charge on any atom is -0.322 e. The predicted octanol–water partition coefficient (Wildman–Crippen LogP) is 4.22. The van der Waals surface area contributed by atoms with Crippen LogP contribution < -0.4 is 5.56 Å². The normalized spacial score (nSPS) is 17.7. The van der Waals surface area contributed by atoms with Crippen LogP contribution in [0.3, 0.4) is 0 Å². The number of nitrogens with one attached hydrogen (secondary N) is 1. The van der Waals surface area contributed by atoms with Gasteiger partial charge >= 0.3 is 0 Å². The monoisotopic (exact) mass is 353 g/mol. The summed E-state index contributed by atoms with van der Waals surface area (Å²) in [4.78, 5) is 14.9. The van der Waals surface area contributed by atoms with Crippen molar-refractivity contribution in [3.63, 3.8) is 0 Å². The topological polar surface area (TPSA) is 80.4 Å². The van der Waals surface area contributed by atoms with Gasteiger partial charge in [-0.2, -0.15) is 10.5 Å². The first kappa shape index (κ1) is 17.1. The number of fused-ring (bicyclic) bond motifs is 2. The number of pyridine rings is 1. The summed E-state index contributed by atoms with van der Waals surface area (Å²) in [5.41, 5.74) is 4.48. The summed E-state index contributed by atoms with van der Waals surface area (Å²) in [6, 6.07) is 18.3. The Morgan fingerprint density at radius 3 is 2.70 bits per heavy atom. The van der Waals surface area contributed by atoms with E-state index >= 15 is 0 Å². The van der Waals surface area contributed by atoms with Gasteiger partial charge in [-0.1, -0.05) is 18.2 Å². The Bertz CT molecular complexity index is 1210. The highest BCUT2D eigenvalue weighted by molar-refractivity contribution is 5.80. The Balaban J connectivity index is 1.84. The van der Waals surface area contributed by atoms with Gasteiger partial charge in [0.15, 0.2) is 0 Å². The lowest BCUT2D eigenvalue weighted by Crippen LogP contribution is -2.27. The third-order valence-corrected chi connectivity index (χ3v) is 5.91. The zero-order chi connectivity index (χ0) is 19.2. The van der Waals surface area contributed by atoms with Crippen LogP contribution in [0.2, 0.25) is 0 Å². The molecule has 2 aromatic carbocycles. The van der Waals surface area contributed by atoms with E-state index in [0.29, 0.717) is 11.1 Å². The van der Waals surface area contributed by atoms with Crippen LogP contribution in [0.1, 0.15) is 47.1 Å². The fraction of sp³-hybridized carbons (Fsp3) is 0.261. The summed E-state index contributed by atoms with van der Waals surface area (Å²) < 4.78 is 0. The minimum atomic E-state index is -0.713. The van der Waals surface area contributed by atoms with Crippen molar-refractivity contribution in [1.82, 2.24) is 4.98 Å². The number of benzene rings is 2. The maximum atomic E-state index is 12.0. The first-order valence-corrected chi connectivity index (χ1v) is 9.04. The molecule has 2 atom stereocenters. The van der Waals surface area contributed by atoms with Gasteiger partial charge in [-0.05, 0) is 73.0 Å². The first-order chi connectivity index (χ1) is 13.0. The average molecular weight is 353 g/mol. The molecule has 0 saturated heterocycles. The molecule has 0 fully saturated rings. The van der Waals surface area contributed by atoms with E-state index in [4.69, 9.17) is 5.26 Å². The van der Waals surface area contributed by atoms with Crippen molar-refractivity contribution in [1.29, 1.82) is 10.5 Å². The number of hydrogen-bond donors (Lipinski definition) is 1. The summed E-state index contributed by atoms with van der Waals surface area (Å²) in [6.45, 7) is 3.76. The number of aromatic nitrogens is 1.